The number of nitrogens with two attached hydrogens (primary N) is 2. The van der Waals surface area contributed by atoms with E-state index in [4.69, 9.17) is 11.5 Å². The Bertz CT molecular complexity index is 803. The molecular formula is C15H14ClF4N3S. The van der Waals surface area contributed by atoms with Gasteiger partial charge in [-0.1, -0.05) is 60.7 Å². The maximum atomic E-state index is 13.3. The van der Waals surface area contributed by atoms with Crippen LogP contribution >= 0.6 is 19.7 Å². The molecule has 0 aromatic heterocycles. The number of hydrogen-bond donors (Lipinski definition) is 2. The molecule has 0 aliphatic heterocycles. The number of aliphatic imine (C=N–C) groups is 1. The third kappa shape index (κ3) is 4.42. The van der Waals surface area contributed by atoms with E-state index in [2.05, 4.69) is 15.7 Å². The summed E-state index contributed by atoms with van der Waals surface area (Å²) in [5.41, 5.74) is 11.0. The molecule has 3 nitrogen and oxygen atoms in total. The Morgan fingerprint density at radius 1 is 0.792 bits per heavy atom. The number of hydrogen-bond acceptors (Lipinski definition) is 2. The highest BCUT2D eigenvalue weighted by molar-refractivity contribution is 8.75. The van der Waals surface area contributed by atoms with Gasteiger partial charge in [0.25, 0.3) is 9.05 Å². The van der Waals surface area contributed by atoms with Crippen molar-refractivity contribution in [2.75, 3.05) is 0 Å². The molecule has 0 amide bonds. The molecule has 4 N–H and O–H groups in total. The molecule has 0 radical (unpaired) electrons. The van der Waals surface area contributed by atoms with Crippen molar-refractivity contribution in [2.24, 2.45) is 16.5 Å². The Hall–Kier alpha value is -2.19. The molecule has 130 valence electrons. The van der Waals surface area contributed by atoms with Crippen LogP contribution in [0.2, 0.25) is 0 Å². The molecule has 0 saturated heterocycles. The molecule has 2 rings (SSSR count). The fourth-order valence-electron chi connectivity index (χ4n) is 1.83. The average molecular weight is 380 g/mol. The van der Waals surface area contributed by atoms with Crippen LogP contribution < -0.4 is 11.5 Å². The first-order valence-electron chi connectivity index (χ1n) is 6.57. The smallest absolute Gasteiger partial charge is 0.281 e. The van der Waals surface area contributed by atoms with Crippen molar-refractivity contribution < 1.29 is 15.5 Å². The third-order valence-corrected chi connectivity index (χ3v) is 4.36. The Labute approximate surface area is 140 Å². The van der Waals surface area contributed by atoms with Gasteiger partial charge in [0, 0.05) is 16.2 Å². The van der Waals surface area contributed by atoms with E-state index in [-0.39, 0.29) is 17.0 Å². The number of benzene rings is 2. The van der Waals surface area contributed by atoms with Crippen LogP contribution in [-0.4, -0.2) is 5.17 Å². The van der Waals surface area contributed by atoms with E-state index in [1.807, 2.05) is 0 Å². The normalized spacial score (nSPS) is 16.8. The first kappa shape index (κ1) is 18.2. The standard InChI is InChI=1S/C15H14ClF4N3S/c16-24(17,18,19,20)15(22)23-14(12-9-5-2-6-10-12)13(21)11-7-3-1-4-8-11/h1-10H,21H2,(H2,22,23)/b14-13-. The molecule has 0 aliphatic rings. The molecule has 0 fully saturated rings. The molecule has 2 aromatic carbocycles. The lowest BCUT2D eigenvalue weighted by atomic mass is 10.1. The zero-order valence-corrected chi connectivity index (χ0v) is 13.7. The summed E-state index contributed by atoms with van der Waals surface area (Å²) in [6.07, 6.45) is 0. The van der Waals surface area contributed by atoms with Gasteiger partial charge in [0.2, 0.25) is 5.17 Å². The Morgan fingerprint density at radius 2 is 1.21 bits per heavy atom. The van der Waals surface area contributed by atoms with Crippen LogP contribution in [0.4, 0.5) is 15.5 Å². The molecule has 24 heavy (non-hydrogen) atoms. The maximum Gasteiger partial charge on any atom is 0.281 e. The van der Waals surface area contributed by atoms with Gasteiger partial charge in [-0.3, -0.25) is 0 Å². The lowest BCUT2D eigenvalue weighted by Gasteiger charge is -2.41. The highest BCUT2D eigenvalue weighted by Gasteiger charge is 2.66. The molecule has 0 unspecified atom stereocenters. The molecule has 0 spiro atoms. The number of amidine groups is 1. The van der Waals surface area contributed by atoms with Crippen LogP contribution in [0.3, 0.4) is 0 Å². The highest BCUT2D eigenvalue weighted by Crippen LogP contribution is 3.00. The predicted octanol–water partition coefficient (Wildman–Crippen LogP) is 5.35. The summed E-state index contributed by atoms with van der Waals surface area (Å²) in [6, 6.07) is 15.9. The first-order valence-corrected chi connectivity index (χ1v) is 9.45. The van der Waals surface area contributed by atoms with Crippen molar-refractivity contribution in [3.05, 3.63) is 71.8 Å². The Morgan fingerprint density at radius 3 is 1.62 bits per heavy atom. The molecule has 0 atom stereocenters. The van der Waals surface area contributed by atoms with Crippen molar-refractivity contribution in [2.45, 2.75) is 0 Å². The SMILES string of the molecule is N/C(=C(\N=C(/N)S(F)(F)(F)(F)Cl)c1ccccc1)c1ccccc1. The van der Waals surface area contributed by atoms with Crippen LogP contribution in [0.25, 0.3) is 11.4 Å². The topological polar surface area (TPSA) is 64.4 Å². The van der Waals surface area contributed by atoms with Gasteiger partial charge >= 0.3 is 0 Å². The van der Waals surface area contributed by atoms with E-state index in [0.717, 1.165) is 0 Å². The van der Waals surface area contributed by atoms with Crippen molar-refractivity contribution in [1.29, 1.82) is 0 Å². The predicted molar refractivity (Wildman–Crippen MR) is 93.4 cm³/mol. The summed E-state index contributed by atoms with van der Waals surface area (Å²) in [4.78, 5) is 3.21. The van der Waals surface area contributed by atoms with E-state index in [0.29, 0.717) is 5.56 Å². The van der Waals surface area contributed by atoms with Crippen LogP contribution in [0, 0.1) is 0 Å². The van der Waals surface area contributed by atoms with Gasteiger partial charge in [-0.15, -0.1) is 15.5 Å². The largest absolute Gasteiger partial charge is 0.396 e. The lowest BCUT2D eigenvalue weighted by Crippen LogP contribution is -2.27. The van der Waals surface area contributed by atoms with Crippen LogP contribution in [0.15, 0.2) is 65.7 Å². The second-order valence-electron chi connectivity index (χ2n) is 4.91. The van der Waals surface area contributed by atoms with Gasteiger partial charge in [0.05, 0.1) is 11.4 Å². The minimum atomic E-state index is -9.11. The molecule has 0 saturated carbocycles. The monoisotopic (exact) mass is 379 g/mol. The van der Waals surface area contributed by atoms with E-state index >= 15 is 0 Å². The van der Waals surface area contributed by atoms with Gasteiger partial charge in [-0.25, -0.2) is 4.99 Å². The van der Waals surface area contributed by atoms with Gasteiger partial charge in [0.1, 0.15) is 0 Å². The highest BCUT2D eigenvalue weighted by atomic mass is 35.7. The lowest BCUT2D eigenvalue weighted by molar-refractivity contribution is 0.507. The summed E-state index contributed by atoms with van der Waals surface area (Å²) in [7, 11) is -4.90. The van der Waals surface area contributed by atoms with Gasteiger partial charge in [-0.2, -0.15) is 0 Å². The molecule has 0 heterocycles. The van der Waals surface area contributed by atoms with Crippen molar-refractivity contribution in [3.8, 4) is 0 Å². The minimum Gasteiger partial charge on any atom is -0.396 e. The van der Waals surface area contributed by atoms with Crippen LogP contribution in [0.5, 0.6) is 0 Å². The van der Waals surface area contributed by atoms with Gasteiger partial charge in [0.15, 0.2) is 0 Å². The quantitative estimate of drug-likeness (QED) is 0.326. The summed E-state index contributed by atoms with van der Waals surface area (Å²) in [5.74, 6) is 0. The fourth-order valence-corrected chi connectivity index (χ4v) is 2.19. The first-order chi connectivity index (χ1) is 10.9. The Kier molecular flexibility index (Phi) is 4.10. The van der Waals surface area contributed by atoms with Gasteiger partial charge in [-0.05, 0) is 5.56 Å². The van der Waals surface area contributed by atoms with E-state index in [1.54, 1.807) is 48.5 Å². The van der Waals surface area contributed by atoms with E-state index < -0.39 is 14.2 Å². The zero-order chi connectivity index (χ0) is 18.1. The molecule has 0 aliphatic carbocycles. The second kappa shape index (κ2) is 5.42. The zero-order valence-electron chi connectivity index (χ0n) is 12.2. The number of nitrogens with zero attached hydrogens (tertiary/aromatic N) is 1. The molecular weight excluding hydrogens is 366 g/mol. The summed E-state index contributed by atoms with van der Waals surface area (Å²) in [5, 5.41) is -2.26. The fraction of sp³-hybridized carbons (Fsp3) is 0. The third-order valence-electron chi connectivity index (χ3n) is 3.00. The van der Waals surface area contributed by atoms with Crippen LogP contribution in [0.1, 0.15) is 11.1 Å². The Balaban J connectivity index is 2.72. The molecule has 2 aromatic rings. The summed E-state index contributed by atoms with van der Waals surface area (Å²) in [6.45, 7) is 0. The average Bonchev–Trinajstić information content (AvgIpc) is 2.51. The maximum absolute atomic E-state index is 13.3. The number of halogens is 5. The molecule has 0 bridgehead atoms. The number of rotatable bonds is 3. The second-order valence-corrected chi connectivity index (χ2v) is 9.13. The summed E-state index contributed by atoms with van der Waals surface area (Å²) >= 11 is 0. The summed E-state index contributed by atoms with van der Waals surface area (Å²) < 4.78 is 53.1. The van der Waals surface area contributed by atoms with E-state index in [1.165, 1.54) is 12.1 Å². The van der Waals surface area contributed by atoms with Crippen molar-refractivity contribution >= 4 is 36.3 Å². The molecule has 9 heteroatoms. The van der Waals surface area contributed by atoms with E-state index in [9.17, 15) is 15.5 Å². The van der Waals surface area contributed by atoms with Crippen LogP contribution in [-0.2, 0) is 0 Å². The van der Waals surface area contributed by atoms with Crippen molar-refractivity contribution in [1.82, 2.24) is 0 Å². The van der Waals surface area contributed by atoms with Crippen molar-refractivity contribution in [3.63, 3.8) is 0 Å². The van der Waals surface area contributed by atoms with Gasteiger partial charge < -0.3 is 11.5 Å². The minimum absolute atomic E-state index is 0.0942.